The lowest BCUT2D eigenvalue weighted by atomic mass is 10.1. The predicted molar refractivity (Wildman–Crippen MR) is 93.2 cm³/mol. The fourth-order valence-electron chi connectivity index (χ4n) is 2.94. The van der Waals surface area contributed by atoms with Crippen molar-refractivity contribution in [2.75, 3.05) is 32.8 Å². The summed E-state index contributed by atoms with van der Waals surface area (Å²) in [6, 6.07) is 6.44. The second kappa shape index (κ2) is 8.20. The maximum atomic E-state index is 12.8. The van der Waals surface area contributed by atoms with E-state index in [1.807, 2.05) is 16.8 Å². The Morgan fingerprint density at radius 3 is 2.69 bits per heavy atom. The number of alkyl halides is 3. The van der Waals surface area contributed by atoms with Gasteiger partial charge in [-0.1, -0.05) is 6.07 Å². The minimum atomic E-state index is -4.47. The van der Waals surface area contributed by atoms with Crippen LogP contribution in [0.15, 0.2) is 41.1 Å². The maximum Gasteiger partial charge on any atom is 0.416 e. The molecule has 140 valence electrons. The molecular weight excluding hydrogens is 365 g/mol. The molecule has 1 aliphatic heterocycles. The van der Waals surface area contributed by atoms with Crippen LogP contribution in [0.1, 0.15) is 27.5 Å². The predicted octanol–water partition coefficient (Wildman–Crippen LogP) is 3.57. The Labute approximate surface area is 153 Å². The van der Waals surface area contributed by atoms with Crippen LogP contribution in [0.25, 0.3) is 0 Å². The van der Waals surface area contributed by atoms with Crippen LogP contribution in [-0.2, 0) is 10.9 Å². The number of hydrogen-bond donors (Lipinski definition) is 1. The van der Waals surface area contributed by atoms with Gasteiger partial charge in [0, 0.05) is 25.2 Å². The van der Waals surface area contributed by atoms with Crippen molar-refractivity contribution in [2.45, 2.75) is 12.2 Å². The molecule has 8 heteroatoms. The SMILES string of the molecule is O=C(NCC(c1ccsc1)N1CCOCC1)c1cccc(C(F)(F)F)c1. The molecule has 1 aliphatic rings. The average Bonchev–Trinajstić information content (AvgIpc) is 3.16. The van der Waals surface area contributed by atoms with E-state index in [4.69, 9.17) is 4.74 Å². The molecule has 0 spiro atoms. The van der Waals surface area contributed by atoms with Gasteiger partial charge in [-0.25, -0.2) is 0 Å². The Morgan fingerprint density at radius 2 is 2.04 bits per heavy atom. The van der Waals surface area contributed by atoms with E-state index in [9.17, 15) is 18.0 Å². The lowest BCUT2D eigenvalue weighted by Crippen LogP contribution is -2.43. The number of thiophene rings is 1. The summed E-state index contributed by atoms with van der Waals surface area (Å²) >= 11 is 1.57. The smallest absolute Gasteiger partial charge is 0.379 e. The first-order valence-electron chi connectivity index (χ1n) is 8.24. The summed E-state index contributed by atoms with van der Waals surface area (Å²) in [6.07, 6.45) is -4.47. The van der Waals surface area contributed by atoms with E-state index in [2.05, 4.69) is 10.2 Å². The number of amides is 1. The second-order valence-corrected chi connectivity index (χ2v) is 6.79. The monoisotopic (exact) mass is 384 g/mol. The highest BCUT2D eigenvalue weighted by Crippen LogP contribution is 2.29. The minimum Gasteiger partial charge on any atom is -0.379 e. The van der Waals surface area contributed by atoms with Gasteiger partial charge in [-0.3, -0.25) is 9.69 Å². The van der Waals surface area contributed by atoms with Gasteiger partial charge in [0.1, 0.15) is 0 Å². The molecule has 1 fully saturated rings. The van der Waals surface area contributed by atoms with Crippen molar-refractivity contribution in [3.05, 3.63) is 57.8 Å². The summed E-state index contributed by atoms with van der Waals surface area (Å²) in [5.74, 6) is -0.510. The number of ether oxygens (including phenoxy) is 1. The Bertz CT molecular complexity index is 728. The number of carbonyl (C=O) groups is 1. The summed E-state index contributed by atoms with van der Waals surface area (Å²) in [4.78, 5) is 14.6. The van der Waals surface area contributed by atoms with Gasteiger partial charge in [0.05, 0.1) is 24.8 Å². The topological polar surface area (TPSA) is 41.6 Å². The van der Waals surface area contributed by atoms with E-state index in [0.717, 1.165) is 30.8 Å². The lowest BCUT2D eigenvalue weighted by molar-refractivity contribution is -0.137. The Balaban J connectivity index is 1.70. The number of carbonyl (C=O) groups excluding carboxylic acids is 1. The second-order valence-electron chi connectivity index (χ2n) is 6.01. The molecule has 2 heterocycles. The molecule has 1 amide bonds. The molecule has 1 N–H and O–H groups in total. The molecule has 0 radical (unpaired) electrons. The number of morpholine rings is 1. The molecule has 1 saturated heterocycles. The highest BCUT2D eigenvalue weighted by molar-refractivity contribution is 7.07. The minimum absolute atomic E-state index is 0.00544. The van der Waals surface area contributed by atoms with E-state index in [0.29, 0.717) is 19.8 Å². The van der Waals surface area contributed by atoms with Crippen LogP contribution in [0.4, 0.5) is 13.2 Å². The molecule has 1 unspecified atom stereocenters. The highest BCUT2D eigenvalue weighted by Gasteiger charge is 2.31. The zero-order chi connectivity index (χ0) is 18.6. The normalized spacial score (nSPS) is 17.0. The van der Waals surface area contributed by atoms with E-state index in [-0.39, 0.29) is 11.6 Å². The molecule has 1 atom stereocenters. The molecule has 0 bridgehead atoms. The number of nitrogens with zero attached hydrogens (tertiary/aromatic N) is 1. The van der Waals surface area contributed by atoms with E-state index >= 15 is 0 Å². The van der Waals surface area contributed by atoms with Crippen LogP contribution in [0.2, 0.25) is 0 Å². The number of hydrogen-bond acceptors (Lipinski definition) is 4. The van der Waals surface area contributed by atoms with Crippen LogP contribution < -0.4 is 5.32 Å². The van der Waals surface area contributed by atoms with Crippen molar-refractivity contribution in [3.63, 3.8) is 0 Å². The van der Waals surface area contributed by atoms with E-state index in [1.54, 1.807) is 11.3 Å². The molecule has 1 aromatic heterocycles. The zero-order valence-electron chi connectivity index (χ0n) is 14.0. The molecule has 0 aliphatic carbocycles. The average molecular weight is 384 g/mol. The Kier molecular flexibility index (Phi) is 5.95. The molecule has 2 aromatic rings. The first kappa shape index (κ1) is 18.9. The van der Waals surface area contributed by atoms with Crippen molar-refractivity contribution in [1.82, 2.24) is 10.2 Å². The van der Waals surface area contributed by atoms with Gasteiger partial charge in [0.15, 0.2) is 0 Å². The largest absolute Gasteiger partial charge is 0.416 e. The first-order chi connectivity index (χ1) is 12.4. The molecule has 0 saturated carbocycles. The van der Waals surface area contributed by atoms with Crippen LogP contribution in [0.3, 0.4) is 0 Å². The third kappa shape index (κ3) is 4.63. The summed E-state index contributed by atoms with van der Waals surface area (Å²) < 4.78 is 43.8. The van der Waals surface area contributed by atoms with Gasteiger partial charge in [0.25, 0.3) is 5.91 Å². The van der Waals surface area contributed by atoms with Gasteiger partial charge in [0.2, 0.25) is 0 Å². The summed E-state index contributed by atoms with van der Waals surface area (Å²) in [7, 11) is 0. The van der Waals surface area contributed by atoms with Gasteiger partial charge >= 0.3 is 6.18 Å². The quantitative estimate of drug-likeness (QED) is 0.857. The van der Waals surface area contributed by atoms with Crippen LogP contribution >= 0.6 is 11.3 Å². The summed E-state index contributed by atoms with van der Waals surface area (Å²) in [5.41, 5.74) is 0.264. The fraction of sp³-hybridized carbons (Fsp3) is 0.389. The summed E-state index contributed by atoms with van der Waals surface area (Å²) in [5, 5.41) is 6.77. The van der Waals surface area contributed by atoms with Gasteiger partial charge in [-0.15, -0.1) is 0 Å². The first-order valence-corrected chi connectivity index (χ1v) is 9.19. The van der Waals surface area contributed by atoms with Gasteiger partial charge in [-0.05, 0) is 40.6 Å². The molecule has 26 heavy (non-hydrogen) atoms. The maximum absolute atomic E-state index is 12.8. The van der Waals surface area contributed by atoms with Crippen molar-refractivity contribution < 1.29 is 22.7 Å². The van der Waals surface area contributed by atoms with Crippen molar-refractivity contribution in [2.24, 2.45) is 0 Å². The third-order valence-electron chi connectivity index (χ3n) is 4.32. The van der Waals surface area contributed by atoms with Crippen LogP contribution in [0.5, 0.6) is 0 Å². The van der Waals surface area contributed by atoms with Crippen molar-refractivity contribution in [1.29, 1.82) is 0 Å². The molecule has 1 aromatic carbocycles. The van der Waals surface area contributed by atoms with E-state index < -0.39 is 17.6 Å². The van der Waals surface area contributed by atoms with E-state index in [1.165, 1.54) is 12.1 Å². The lowest BCUT2D eigenvalue weighted by Gasteiger charge is -2.34. The van der Waals surface area contributed by atoms with Crippen molar-refractivity contribution >= 4 is 17.2 Å². The molecular formula is C18H19F3N2O2S. The molecule has 3 rings (SSSR count). The number of halogens is 3. The Morgan fingerprint density at radius 1 is 1.27 bits per heavy atom. The zero-order valence-corrected chi connectivity index (χ0v) is 14.8. The van der Waals surface area contributed by atoms with Gasteiger partial charge in [-0.2, -0.15) is 24.5 Å². The highest BCUT2D eigenvalue weighted by atomic mass is 32.1. The van der Waals surface area contributed by atoms with Gasteiger partial charge < -0.3 is 10.1 Å². The summed E-state index contributed by atoms with van der Waals surface area (Å²) in [6.45, 7) is 3.08. The molecule has 4 nitrogen and oxygen atoms in total. The standard InChI is InChI=1S/C18H19F3N2O2S/c19-18(20,21)15-3-1-2-13(10-15)17(24)22-11-16(14-4-9-26-12-14)23-5-7-25-8-6-23/h1-4,9-10,12,16H,5-8,11H2,(H,22,24). The fourth-order valence-corrected chi connectivity index (χ4v) is 3.65. The Hall–Kier alpha value is -1.90. The number of rotatable bonds is 5. The number of nitrogens with one attached hydrogen (secondary N) is 1. The van der Waals surface area contributed by atoms with Crippen LogP contribution in [0, 0.1) is 0 Å². The third-order valence-corrected chi connectivity index (χ3v) is 5.02. The number of benzene rings is 1. The van der Waals surface area contributed by atoms with Crippen LogP contribution in [-0.4, -0.2) is 43.7 Å². The van der Waals surface area contributed by atoms with Crippen molar-refractivity contribution in [3.8, 4) is 0 Å².